The van der Waals surface area contributed by atoms with Gasteiger partial charge in [0.25, 0.3) is 0 Å². The topological polar surface area (TPSA) is 9.23 Å². The molecule has 0 aliphatic heterocycles. The van der Waals surface area contributed by atoms with E-state index in [-0.39, 0.29) is 10.8 Å². The number of hydrogen-bond donors (Lipinski definition) is 0. The molecule has 19 heavy (non-hydrogen) atoms. The van der Waals surface area contributed by atoms with Crippen LogP contribution in [0, 0.1) is 0 Å². The molecule has 0 saturated heterocycles. The van der Waals surface area contributed by atoms with Gasteiger partial charge in [0, 0.05) is 15.0 Å². The molecule has 0 spiro atoms. The first-order valence-electron chi connectivity index (χ1n) is 6.76. The number of thiophene rings is 1. The molecule has 0 fully saturated rings. The normalized spacial score (nSPS) is 13.0. The van der Waals surface area contributed by atoms with Crippen molar-refractivity contribution in [2.75, 3.05) is 7.11 Å². The maximum absolute atomic E-state index is 5.53. The van der Waals surface area contributed by atoms with Crippen molar-refractivity contribution in [3.63, 3.8) is 0 Å². The first-order chi connectivity index (χ1) is 8.64. The molecule has 0 saturated carbocycles. The van der Waals surface area contributed by atoms with E-state index in [1.807, 2.05) is 11.3 Å². The minimum Gasteiger partial charge on any atom is -0.496 e. The fourth-order valence-corrected chi connectivity index (χ4v) is 3.69. The Morgan fingerprint density at radius 1 is 0.947 bits per heavy atom. The molecule has 2 aromatic rings. The summed E-state index contributed by atoms with van der Waals surface area (Å²) in [7, 11) is 1.75. The van der Waals surface area contributed by atoms with Crippen molar-refractivity contribution < 1.29 is 4.74 Å². The lowest BCUT2D eigenvalue weighted by molar-refractivity contribution is 0.419. The minimum atomic E-state index is 0.157. The molecule has 0 aliphatic carbocycles. The van der Waals surface area contributed by atoms with E-state index < -0.39 is 0 Å². The lowest BCUT2D eigenvalue weighted by Gasteiger charge is -2.20. The van der Waals surface area contributed by atoms with E-state index in [0.29, 0.717) is 0 Å². The second-order valence-electron chi connectivity index (χ2n) is 7.17. The summed E-state index contributed by atoms with van der Waals surface area (Å²) in [6.07, 6.45) is 0. The van der Waals surface area contributed by atoms with Crippen molar-refractivity contribution in [2.24, 2.45) is 0 Å². The fourth-order valence-electron chi connectivity index (χ4n) is 2.24. The first kappa shape index (κ1) is 14.4. The molecule has 1 nitrogen and oxygen atoms in total. The highest BCUT2D eigenvalue weighted by Gasteiger charge is 2.23. The Morgan fingerprint density at radius 2 is 1.58 bits per heavy atom. The number of fused-ring (bicyclic) bond motifs is 1. The smallest absolute Gasteiger partial charge is 0.127 e. The number of benzene rings is 1. The van der Waals surface area contributed by atoms with Crippen LogP contribution in [0.4, 0.5) is 0 Å². The van der Waals surface area contributed by atoms with Gasteiger partial charge in [-0.25, -0.2) is 0 Å². The first-order valence-corrected chi connectivity index (χ1v) is 7.58. The summed E-state index contributed by atoms with van der Waals surface area (Å²) in [5, 5.41) is 1.25. The quantitative estimate of drug-likeness (QED) is 0.667. The molecule has 1 heterocycles. The van der Waals surface area contributed by atoms with Gasteiger partial charge in [-0.3, -0.25) is 0 Å². The van der Waals surface area contributed by atoms with Crippen molar-refractivity contribution in [2.45, 2.75) is 52.4 Å². The van der Waals surface area contributed by atoms with E-state index >= 15 is 0 Å². The molecular weight excluding hydrogens is 252 g/mol. The van der Waals surface area contributed by atoms with Crippen LogP contribution in [0.2, 0.25) is 0 Å². The third kappa shape index (κ3) is 2.64. The number of methoxy groups -OCH3 is 1. The third-order valence-corrected chi connectivity index (χ3v) is 5.00. The van der Waals surface area contributed by atoms with Gasteiger partial charge in [0.15, 0.2) is 0 Å². The van der Waals surface area contributed by atoms with Crippen molar-refractivity contribution in [1.29, 1.82) is 0 Å². The van der Waals surface area contributed by atoms with E-state index in [1.54, 1.807) is 7.11 Å². The highest BCUT2D eigenvalue weighted by atomic mass is 32.1. The summed E-state index contributed by atoms with van der Waals surface area (Å²) in [5.74, 6) is 0.981. The zero-order valence-electron chi connectivity index (χ0n) is 13.0. The van der Waals surface area contributed by atoms with Gasteiger partial charge in [0.1, 0.15) is 5.75 Å². The van der Waals surface area contributed by atoms with E-state index in [1.165, 1.54) is 20.5 Å². The van der Waals surface area contributed by atoms with E-state index in [2.05, 4.69) is 59.7 Å². The molecule has 0 aliphatic rings. The third-order valence-electron chi connectivity index (χ3n) is 3.41. The monoisotopic (exact) mass is 276 g/mol. The largest absolute Gasteiger partial charge is 0.496 e. The summed E-state index contributed by atoms with van der Waals surface area (Å²) < 4.78 is 6.90. The molecule has 1 aromatic carbocycles. The van der Waals surface area contributed by atoms with Crippen LogP contribution in [0.1, 0.15) is 52.0 Å². The van der Waals surface area contributed by atoms with Crippen LogP contribution in [-0.2, 0) is 10.8 Å². The van der Waals surface area contributed by atoms with Crippen LogP contribution in [0.5, 0.6) is 5.75 Å². The zero-order valence-corrected chi connectivity index (χ0v) is 13.9. The second kappa shape index (κ2) is 4.52. The zero-order chi connectivity index (χ0) is 14.4. The van der Waals surface area contributed by atoms with E-state index in [9.17, 15) is 0 Å². The molecular formula is C17H24OS. The van der Waals surface area contributed by atoms with Crippen molar-refractivity contribution >= 4 is 21.4 Å². The Hall–Kier alpha value is -1.02. The number of hydrogen-bond acceptors (Lipinski definition) is 2. The van der Waals surface area contributed by atoms with Gasteiger partial charge in [0.2, 0.25) is 0 Å². The highest BCUT2D eigenvalue weighted by Crippen LogP contribution is 2.43. The lowest BCUT2D eigenvalue weighted by Crippen LogP contribution is -2.11. The average molecular weight is 276 g/mol. The Morgan fingerprint density at radius 3 is 2.05 bits per heavy atom. The maximum Gasteiger partial charge on any atom is 0.127 e. The average Bonchev–Trinajstić information content (AvgIpc) is 2.70. The van der Waals surface area contributed by atoms with Gasteiger partial charge in [-0.2, -0.15) is 0 Å². The minimum absolute atomic E-state index is 0.157. The Kier molecular flexibility index (Phi) is 3.42. The van der Waals surface area contributed by atoms with Crippen LogP contribution < -0.4 is 4.74 Å². The summed E-state index contributed by atoms with van der Waals surface area (Å²) in [6.45, 7) is 13.6. The molecule has 0 unspecified atom stereocenters. The molecule has 0 bridgehead atoms. The Labute approximate surface area is 120 Å². The van der Waals surface area contributed by atoms with Crippen LogP contribution in [0.3, 0.4) is 0 Å². The standard InChI is InChI=1S/C17H24OS/c1-16(2,3)12-8-9-13(18-7)11-10-14(17(4,5)6)19-15(11)12/h8-10H,1-7H3. The molecule has 2 heteroatoms. The van der Waals surface area contributed by atoms with Crippen molar-refractivity contribution in [3.05, 3.63) is 28.6 Å². The molecule has 0 radical (unpaired) electrons. The van der Waals surface area contributed by atoms with Gasteiger partial charge in [-0.1, -0.05) is 47.6 Å². The molecule has 0 amide bonds. The SMILES string of the molecule is COc1ccc(C(C)(C)C)c2sc(C(C)(C)C)cc12. The van der Waals surface area contributed by atoms with E-state index in [0.717, 1.165) is 5.75 Å². The predicted molar refractivity (Wildman–Crippen MR) is 85.8 cm³/mol. The van der Waals surface area contributed by atoms with Gasteiger partial charge in [0.05, 0.1) is 7.11 Å². The maximum atomic E-state index is 5.53. The summed E-state index contributed by atoms with van der Waals surface area (Å²) in [6, 6.07) is 6.61. The molecule has 2 rings (SSSR count). The highest BCUT2D eigenvalue weighted by molar-refractivity contribution is 7.19. The molecule has 1 aromatic heterocycles. The van der Waals surface area contributed by atoms with Gasteiger partial charge in [-0.05, 0) is 28.5 Å². The van der Waals surface area contributed by atoms with Crippen LogP contribution >= 0.6 is 11.3 Å². The van der Waals surface area contributed by atoms with Gasteiger partial charge in [-0.15, -0.1) is 11.3 Å². The predicted octanol–water partition coefficient (Wildman–Crippen LogP) is 5.50. The lowest BCUT2D eigenvalue weighted by atomic mass is 9.86. The summed E-state index contributed by atoms with van der Waals surface area (Å²) in [4.78, 5) is 1.41. The number of rotatable bonds is 1. The molecule has 0 N–H and O–H groups in total. The van der Waals surface area contributed by atoms with Crippen molar-refractivity contribution in [3.8, 4) is 5.75 Å². The summed E-state index contributed by atoms with van der Waals surface area (Å²) >= 11 is 1.91. The van der Waals surface area contributed by atoms with Gasteiger partial charge >= 0.3 is 0 Å². The Bertz CT molecular complexity index is 594. The van der Waals surface area contributed by atoms with Crippen LogP contribution in [-0.4, -0.2) is 7.11 Å². The Balaban J connectivity index is 2.79. The van der Waals surface area contributed by atoms with Crippen LogP contribution in [0.25, 0.3) is 10.1 Å². The van der Waals surface area contributed by atoms with E-state index in [4.69, 9.17) is 4.74 Å². The van der Waals surface area contributed by atoms with Crippen LogP contribution in [0.15, 0.2) is 18.2 Å². The molecule has 104 valence electrons. The van der Waals surface area contributed by atoms with Crippen molar-refractivity contribution in [1.82, 2.24) is 0 Å². The molecule has 0 atom stereocenters. The van der Waals surface area contributed by atoms with Gasteiger partial charge < -0.3 is 4.74 Å². The number of ether oxygens (including phenoxy) is 1. The fraction of sp³-hybridized carbons (Fsp3) is 0.529. The second-order valence-corrected chi connectivity index (χ2v) is 8.22. The summed E-state index contributed by atoms with van der Waals surface area (Å²) in [5.41, 5.74) is 1.75.